The lowest BCUT2D eigenvalue weighted by atomic mass is 9.75. The summed E-state index contributed by atoms with van der Waals surface area (Å²) in [6, 6.07) is 32.4. The zero-order valence-corrected chi connectivity index (χ0v) is 21.3. The van der Waals surface area contributed by atoms with Crippen molar-refractivity contribution in [1.29, 1.82) is 0 Å². The summed E-state index contributed by atoms with van der Waals surface area (Å²) in [5.41, 5.74) is 3.28. The molecule has 1 aliphatic rings. The van der Waals surface area contributed by atoms with Gasteiger partial charge in [0, 0.05) is 13.1 Å². The number of aromatic nitrogens is 2. The number of aryl methyl sites for hydroxylation is 1. The van der Waals surface area contributed by atoms with Gasteiger partial charge < -0.3 is 4.52 Å². The second-order valence-electron chi connectivity index (χ2n) is 8.59. The van der Waals surface area contributed by atoms with Gasteiger partial charge in [-0.05, 0) is 30.7 Å². The van der Waals surface area contributed by atoms with Crippen LogP contribution in [0, 0.1) is 6.92 Å². The molecule has 1 aromatic heterocycles. The van der Waals surface area contributed by atoms with Crippen LogP contribution < -0.4 is 0 Å². The molecule has 0 saturated carbocycles. The average molecular weight is 552 g/mol. The fraction of sp³-hybridized carbons (Fsp3) is 0.259. The first kappa shape index (κ1) is 23.6. The highest BCUT2D eigenvalue weighted by Gasteiger charge is 2.45. The SMILES string of the molecule is Cc1noc(C2CN(C)CN(C(c3ccccc3)(c3ccccc3)c3ccccc3)C2)n1.I. The van der Waals surface area contributed by atoms with Crippen molar-refractivity contribution in [3.63, 3.8) is 0 Å². The lowest BCUT2D eigenvalue weighted by Crippen LogP contribution is -2.57. The van der Waals surface area contributed by atoms with Gasteiger partial charge in [-0.25, -0.2) is 0 Å². The van der Waals surface area contributed by atoms with Crippen LogP contribution in [0.15, 0.2) is 95.5 Å². The quantitative estimate of drug-likeness (QED) is 0.249. The van der Waals surface area contributed by atoms with Gasteiger partial charge in [0.1, 0.15) is 0 Å². The molecule has 3 aromatic carbocycles. The zero-order chi connectivity index (χ0) is 22.0. The number of benzene rings is 3. The molecule has 1 fully saturated rings. The van der Waals surface area contributed by atoms with E-state index in [2.05, 4.69) is 118 Å². The molecule has 0 spiro atoms. The van der Waals surface area contributed by atoms with Crippen molar-refractivity contribution in [2.75, 3.05) is 26.8 Å². The molecule has 1 atom stereocenters. The molecule has 1 saturated heterocycles. The summed E-state index contributed by atoms with van der Waals surface area (Å²) in [5.74, 6) is 1.52. The molecule has 0 N–H and O–H groups in total. The monoisotopic (exact) mass is 552 g/mol. The van der Waals surface area contributed by atoms with Gasteiger partial charge in [-0.15, -0.1) is 24.0 Å². The number of nitrogens with zero attached hydrogens (tertiary/aromatic N) is 4. The molecule has 0 bridgehead atoms. The number of halogens is 1. The molecule has 1 aliphatic heterocycles. The topological polar surface area (TPSA) is 45.4 Å². The lowest BCUT2D eigenvalue weighted by Gasteiger charge is -2.50. The van der Waals surface area contributed by atoms with Crippen LogP contribution in [0.3, 0.4) is 0 Å². The minimum absolute atomic E-state index is 0. The van der Waals surface area contributed by atoms with Crippen LogP contribution in [0.25, 0.3) is 0 Å². The van der Waals surface area contributed by atoms with E-state index in [-0.39, 0.29) is 29.9 Å². The minimum Gasteiger partial charge on any atom is -0.339 e. The van der Waals surface area contributed by atoms with Gasteiger partial charge in [-0.1, -0.05) is 96.2 Å². The summed E-state index contributed by atoms with van der Waals surface area (Å²) >= 11 is 0. The summed E-state index contributed by atoms with van der Waals surface area (Å²) in [4.78, 5) is 9.47. The Morgan fingerprint density at radius 2 is 1.27 bits per heavy atom. The Morgan fingerprint density at radius 3 is 1.70 bits per heavy atom. The Morgan fingerprint density at radius 1 is 0.788 bits per heavy atom. The van der Waals surface area contributed by atoms with Gasteiger partial charge in [0.05, 0.1) is 18.1 Å². The van der Waals surface area contributed by atoms with Crippen LogP contribution >= 0.6 is 24.0 Å². The Labute approximate surface area is 212 Å². The van der Waals surface area contributed by atoms with Crippen LogP contribution in [-0.2, 0) is 5.54 Å². The standard InChI is InChI=1S/C27H28N4O.HI/c1-21-28-26(32-29-21)22-18-30(2)20-31(19-22)27(23-12-6-3-7-13-23,24-14-8-4-9-15-24)25-16-10-5-11-17-25;/h3-17,22H,18-20H2,1-2H3;1H. The van der Waals surface area contributed by atoms with E-state index in [4.69, 9.17) is 4.52 Å². The highest BCUT2D eigenvalue weighted by Crippen LogP contribution is 2.44. The van der Waals surface area contributed by atoms with Gasteiger partial charge in [0.25, 0.3) is 0 Å². The van der Waals surface area contributed by atoms with Crippen molar-refractivity contribution in [3.8, 4) is 0 Å². The van der Waals surface area contributed by atoms with Crippen molar-refractivity contribution in [2.24, 2.45) is 0 Å². The Kier molecular flexibility index (Phi) is 7.26. The fourth-order valence-electron chi connectivity index (χ4n) is 5.07. The predicted octanol–water partition coefficient (Wildman–Crippen LogP) is 5.28. The van der Waals surface area contributed by atoms with E-state index in [1.54, 1.807) is 0 Å². The highest BCUT2D eigenvalue weighted by molar-refractivity contribution is 14.0. The molecule has 5 nitrogen and oxygen atoms in total. The number of rotatable bonds is 5. The summed E-state index contributed by atoms with van der Waals surface area (Å²) in [7, 11) is 2.16. The lowest BCUT2D eigenvalue weighted by molar-refractivity contribution is 0.0259. The first-order chi connectivity index (χ1) is 15.7. The van der Waals surface area contributed by atoms with Crippen LogP contribution in [-0.4, -0.2) is 46.7 Å². The van der Waals surface area contributed by atoms with E-state index < -0.39 is 5.54 Å². The Bertz CT molecular complexity index is 1050. The fourth-order valence-corrected chi connectivity index (χ4v) is 5.07. The van der Waals surface area contributed by atoms with E-state index in [1.807, 2.05) is 6.92 Å². The largest absolute Gasteiger partial charge is 0.339 e. The van der Waals surface area contributed by atoms with Gasteiger partial charge in [-0.3, -0.25) is 9.80 Å². The summed E-state index contributed by atoms with van der Waals surface area (Å²) in [5, 5.41) is 4.06. The van der Waals surface area contributed by atoms with Crippen LogP contribution in [0.4, 0.5) is 0 Å². The number of likely N-dealkylation sites (N-methyl/N-ethyl adjacent to an activating group) is 1. The average Bonchev–Trinajstić information content (AvgIpc) is 3.28. The van der Waals surface area contributed by atoms with E-state index >= 15 is 0 Å². The molecule has 170 valence electrons. The van der Waals surface area contributed by atoms with Gasteiger partial charge >= 0.3 is 0 Å². The maximum absolute atomic E-state index is 5.62. The maximum Gasteiger partial charge on any atom is 0.232 e. The number of hydrogen-bond donors (Lipinski definition) is 0. The molecule has 2 heterocycles. The third-order valence-electron chi connectivity index (χ3n) is 6.33. The zero-order valence-electron chi connectivity index (χ0n) is 19.0. The molecule has 4 aromatic rings. The molecular weight excluding hydrogens is 523 g/mol. The second-order valence-corrected chi connectivity index (χ2v) is 8.59. The smallest absolute Gasteiger partial charge is 0.232 e. The van der Waals surface area contributed by atoms with Gasteiger partial charge in [-0.2, -0.15) is 4.98 Å². The molecule has 33 heavy (non-hydrogen) atoms. The highest BCUT2D eigenvalue weighted by atomic mass is 127. The van der Waals surface area contributed by atoms with E-state index in [0.29, 0.717) is 11.7 Å². The molecule has 6 heteroatoms. The third-order valence-corrected chi connectivity index (χ3v) is 6.33. The molecule has 0 amide bonds. The van der Waals surface area contributed by atoms with Gasteiger partial charge in [0.2, 0.25) is 5.89 Å². The molecule has 5 rings (SSSR count). The first-order valence-electron chi connectivity index (χ1n) is 11.1. The van der Waals surface area contributed by atoms with Crippen LogP contribution in [0.1, 0.15) is 34.3 Å². The molecular formula is C27H29IN4O. The first-order valence-corrected chi connectivity index (χ1v) is 11.1. The van der Waals surface area contributed by atoms with Crippen molar-refractivity contribution in [3.05, 3.63) is 119 Å². The summed E-state index contributed by atoms with van der Waals surface area (Å²) < 4.78 is 5.62. The van der Waals surface area contributed by atoms with Gasteiger partial charge in [0.15, 0.2) is 5.82 Å². The Balaban J connectivity index is 0.00000259. The summed E-state index contributed by atoms with van der Waals surface area (Å²) in [6.45, 7) is 4.39. The molecule has 0 radical (unpaired) electrons. The van der Waals surface area contributed by atoms with E-state index in [1.165, 1.54) is 16.7 Å². The van der Waals surface area contributed by atoms with Crippen LogP contribution in [0.2, 0.25) is 0 Å². The molecule has 0 aliphatic carbocycles. The summed E-state index contributed by atoms with van der Waals surface area (Å²) in [6.07, 6.45) is 0. The van der Waals surface area contributed by atoms with Crippen molar-refractivity contribution in [2.45, 2.75) is 18.4 Å². The third kappa shape index (κ3) is 4.47. The van der Waals surface area contributed by atoms with Crippen molar-refractivity contribution in [1.82, 2.24) is 19.9 Å². The van der Waals surface area contributed by atoms with Crippen molar-refractivity contribution >= 4 is 24.0 Å². The second kappa shape index (κ2) is 10.2. The minimum atomic E-state index is -0.453. The Hall–Kier alpha value is -2.55. The van der Waals surface area contributed by atoms with Crippen LogP contribution in [0.5, 0.6) is 0 Å². The van der Waals surface area contributed by atoms with E-state index in [0.717, 1.165) is 19.8 Å². The maximum atomic E-state index is 5.62. The number of hydrogen-bond acceptors (Lipinski definition) is 5. The predicted molar refractivity (Wildman–Crippen MR) is 141 cm³/mol. The van der Waals surface area contributed by atoms with E-state index in [9.17, 15) is 0 Å². The van der Waals surface area contributed by atoms with Crippen molar-refractivity contribution < 1.29 is 4.52 Å². The molecule has 1 unspecified atom stereocenters. The normalized spacial score (nSPS) is 17.5.